The van der Waals surface area contributed by atoms with Gasteiger partial charge in [0.2, 0.25) is 5.75 Å². The molecule has 0 atom stereocenters. The molecule has 0 saturated heterocycles. The first kappa shape index (κ1) is 20.4. The lowest BCUT2D eigenvalue weighted by Crippen LogP contribution is -2.12. The molecule has 0 saturated carbocycles. The van der Waals surface area contributed by atoms with Crippen LogP contribution in [0.2, 0.25) is 10.0 Å². The van der Waals surface area contributed by atoms with E-state index in [1.807, 2.05) is 0 Å². The largest absolute Gasteiger partial charge is 0.493 e. The highest BCUT2D eigenvalue weighted by Gasteiger charge is 2.19. The maximum absolute atomic E-state index is 12.5. The summed E-state index contributed by atoms with van der Waals surface area (Å²) < 4.78 is 10.9. The Hall–Kier alpha value is -3.29. The van der Waals surface area contributed by atoms with Crippen molar-refractivity contribution in [2.75, 3.05) is 12.4 Å². The molecule has 0 fully saturated rings. The normalized spacial score (nSPS) is 10.3. The molecule has 1 amide bonds. The van der Waals surface area contributed by atoms with E-state index in [4.69, 9.17) is 32.7 Å². The second-order valence-electron chi connectivity index (χ2n) is 5.80. The molecule has 0 radical (unpaired) electrons. The number of methoxy groups -OCH3 is 1. The monoisotopic (exact) mass is 432 g/mol. The van der Waals surface area contributed by atoms with Gasteiger partial charge >= 0.3 is 5.69 Å². The summed E-state index contributed by atoms with van der Waals surface area (Å²) in [4.78, 5) is 23.1. The molecule has 0 heterocycles. The van der Waals surface area contributed by atoms with Gasteiger partial charge in [-0.25, -0.2) is 0 Å². The minimum Gasteiger partial charge on any atom is -0.493 e. The number of nitro groups is 1. The molecular formula is C20H14Cl2N2O5. The van der Waals surface area contributed by atoms with Gasteiger partial charge < -0.3 is 14.8 Å². The fraction of sp³-hybridized carbons (Fsp3) is 0.0500. The fourth-order valence-corrected chi connectivity index (χ4v) is 2.86. The third-order valence-electron chi connectivity index (χ3n) is 3.85. The number of nitrogens with one attached hydrogen (secondary N) is 1. The first-order valence-corrected chi connectivity index (χ1v) is 8.99. The van der Waals surface area contributed by atoms with Crippen molar-refractivity contribution in [2.45, 2.75) is 0 Å². The van der Waals surface area contributed by atoms with Gasteiger partial charge in [0.25, 0.3) is 5.91 Å². The van der Waals surface area contributed by atoms with Gasteiger partial charge in [0.05, 0.1) is 12.0 Å². The smallest absolute Gasteiger partial charge is 0.313 e. The summed E-state index contributed by atoms with van der Waals surface area (Å²) in [6, 6.07) is 15.3. The number of nitrogens with zero attached hydrogens (tertiary/aromatic N) is 1. The number of amides is 1. The third-order valence-corrected chi connectivity index (χ3v) is 4.32. The first-order chi connectivity index (χ1) is 13.9. The van der Waals surface area contributed by atoms with Gasteiger partial charge in [-0.05, 0) is 48.5 Å². The van der Waals surface area contributed by atoms with Crippen LogP contribution in [0.25, 0.3) is 0 Å². The molecule has 9 heteroatoms. The molecule has 0 aliphatic heterocycles. The highest BCUT2D eigenvalue weighted by Crippen LogP contribution is 2.38. The SMILES string of the molecule is COc1cc(C(=O)Nc2cccc(Cl)c2)ccc1Oc1ccc(Cl)cc1[N+](=O)[O-]. The Kier molecular flexibility index (Phi) is 6.21. The number of ether oxygens (including phenoxy) is 2. The maximum atomic E-state index is 12.5. The molecule has 0 aromatic heterocycles. The maximum Gasteiger partial charge on any atom is 0.313 e. The molecular weight excluding hydrogens is 419 g/mol. The van der Waals surface area contributed by atoms with Crippen molar-refractivity contribution in [2.24, 2.45) is 0 Å². The van der Waals surface area contributed by atoms with Crippen LogP contribution in [-0.4, -0.2) is 17.9 Å². The topological polar surface area (TPSA) is 90.7 Å². The van der Waals surface area contributed by atoms with Gasteiger partial charge in [-0.1, -0.05) is 29.3 Å². The number of hydrogen-bond donors (Lipinski definition) is 1. The molecule has 7 nitrogen and oxygen atoms in total. The van der Waals surface area contributed by atoms with E-state index in [-0.39, 0.29) is 33.9 Å². The van der Waals surface area contributed by atoms with Crippen LogP contribution < -0.4 is 14.8 Å². The Morgan fingerprint density at radius 1 is 0.966 bits per heavy atom. The van der Waals surface area contributed by atoms with Gasteiger partial charge in [0.1, 0.15) is 0 Å². The second-order valence-corrected chi connectivity index (χ2v) is 6.67. The average molecular weight is 433 g/mol. The first-order valence-electron chi connectivity index (χ1n) is 8.24. The zero-order valence-corrected chi connectivity index (χ0v) is 16.5. The highest BCUT2D eigenvalue weighted by molar-refractivity contribution is 6.31. The van der Waals surface area contributed by atoms with E-state index in [0.29, 0.717) is 16.3 Å². The van der Waals surface area contributed by atoms with Crippen LogP contribution in [0.4, 0.5) is 11.4 Å². The molecule has 148 valence electrons. The number of nitro benzene ring substituents is 1. The van der Waals surface area contributed by atoms with Gasteiger partial charge in [-0.2, -0.15) is 0 Å². The minimum absolute atomic E-state index is 0.00571. The quantitative estimate of drug-likeness (QED) is 0.383. The summed E-state index contributed by atoms with van der Waals surface area (Å²) in [5.74, 6) is 0.0497. The standard InChI is InChI=1S/C20H14Cl2N2O5/c1-28-19-9-12(20(25)23-15-4-2-3-13(21)10-15)5-7-18(19)29-17-8-6-14(22)11-16(17)24(26)27/h2-11H,1H3,(H,23,25). The van der Waals surface area contributed by atoms with Crippen LogP contribution in [0.15, 0.2) is 60.7 Å². The predicted octanol–water partition coefficient (Wildman–Crippen LogP) is 5.95. The predicted molar refractivity (Wildman–Crippen MR) is 111 cm³/mol. The van der Waals surface area contributed by atoms with Crippen molar-refractivity contribution in [3.8, 4) is 17.2 Å². The fourth-order valence-electron chi connectivity index (χ4n) is 2.50. The summed E-state index contributed by atoms with van der Waals surface area (Å²) in [6.45, 7) is 0. The molecule has 0 aliphatic rings. The Bertz CT molecular complexity index is 1090. The average Bonchev–Trinajstić information content (AvgIpc) is 2.69. The van der Waals surface area contributed by atoms with Crippen molar-refractivity contribution >= 4 is 40.5 Å². The van der Waals surface area contributed by atoms with Crippen molar-refractivity contribution in [1.82, 2.24) is 0 Å². The zero-order chi connectivity index (χ0) is 21.0. The number of anilines is 1. The lowest BCUT2D eigenvalue weighted by Gasteiger charge is -2.12. The van der Waals surface area contributed by atoms with Gasteiger partial charge in [0.15, 0.2) is 11.5 Å². The van der Waals surface area contributed by atoms with Gasteiger partial charge in [-0.3, -0.25) is 14.9 Å². The van der Waals surface area contributed by atoms with E-state index in [2.05, 4.69) is 5.32 Å². The minimum atomic E-state index is -0.597. The highest BCUT2D eigenvalue weighted by atomic mass is 35.5. The second kappa shape index (κ2) is 8.81. The zero-order valence-electron chi connectivity index (χ0n) is 15.0. The molecule has 3 rings (SSSR count). The van der Waals surface area contributed by atoms with E-state index in [0.717, 1.165) is 0 Å². The van der Waals surface area contributed by atoms with Crippen molar-refractivity contribution in [1.29, 1.82) is 0 Å². The Labute approximate surface area is 175 Å². The summed E-state index contributed by atoms with van der Waals surface area (Å²) in [5, 5.41) is 14.7. The number of halogens is 2. The van der Waals surface area contributed by atoms with Crippen molar-refractivity contribution < 1.29 is 19.2 Å². The van der Waals surface area contributed by atoms with Gasteiger partial charge in [-0.15, -0.1) is 0 Å². The summed E-state index contributed by atoms with van der Waals surface area (Å²) in [5.41, 5.74) is 0.556. The molecule has 3 aromatic rings. The van der Waals surface area contributed by atoms with Crippen molar-refractivity contribution in [3.05, 3.63) is 86.4 Å². The molecule has 0 bridgehead atoms. The lowest BCUT2D eigenvalue weighted by molar-refractivity contribution is -0.385. The van der Waals surface area contributed by atoms with E-state index in [1.165, 1.54) is 43.5 Å². The van der Waals surface area contributed by atoms with Crippen LogP contribution in [0.1, 0.15) is 10.4 Å². The molecule has 1 N–H and O–H groups in total. The van der Waals surface area contributed by atoms with Crippen LogP contribution in [0.5, 0.6) is 17.2 Å². The molecule has 0 spiro atoms. The van der Waals surface area contributed by atoms with Crippen LogP contribution in [-0.2, 0) is 0 Å². The molecule has 29 heavy (non-hydrogen) atoms. The molecule has 0 aliphatic carbocycles. The summed E-state index contributed by atoms with van der Waals surface area (Å²) in [6.07, 6.45) is 0. The van der Waals surface area contributed by atoms with Crippen molar-refractivity contribution in [3.63, 3.8) is 0 Å². The Morgan fingerprint density at radius 2 is 1.69 bits per heavy atom. The summed E-state index contributed by atoms with van der Waals surface area (Å²) >= 11 is 11.7. The third kappa shape index (κ3) is 4.96. The molecule has 0 unspecified atom stereocenters. The number of rotatable bonds is 6. The number of carbonyl (C=O) groups is 1. The number of hydrogen-bond acceptors (Lipinski definition) is 5. The van der Waals surface area contributed by atoms with Crippen LogP contribution >= 0.6 is 23.2 Å². The van der Waals surface area contributed by atoms with Crippen LogP contribution in [0, 0.1) is 10.1 Å². The number of benzene rings is 3. The van der Waals surface area contributed by atoms with E-state index < -0.39 is 4.92 Å². The van der Waals surface area contributed by atoms with Crippen LogP contribution in [0.3, 0.4) is 0 Å². The van der Waals surface area contributed by atoms with E-state index in [9.17, 15) is 14.9 Å². The molecule has 3 aromatic carbocycles. The van der Waals surface area contributed by atoms with Gasteiger partial charge in [0, 0.05) is 27.4 Å². The number of carbonyl (C=O) groups excluding carboxylic acids is 1. The van der Waals surface area contributed by atoms with E-state index in [1.54, 1.807) is 24.3 Å². The Balaban J connectivity index is 1.86. The Morgan fingerprint density at radius 3 is 2.38 bits per heavy atom. The van der Waals surface area contributed by atoms with E-state index >= 15 is 0 Å². The lowest BCUT2D eigenvalue weighted by atomic mass is 10.1. The summed E-state index contributed by atoms with van der Waals surface area (Å²) in [7, 11) is 1.40.